The first-order valence-corrected chi connectivity index (χ1v) is 7.14. The fourth-order valence-corrected chi connectivity index (χ4v) is 2.37. The predicted octanol–water partition coefficient (Wildman–Crippen LogP) is 4.79. The largest absolute Gasteiger partial charge is 0.456 e. The third kappa shape index (κ3) is 2.81. The molecule has 3 nitrogen and oxygen atoms in total. The lowest BCUT2D eigenvalue weighted by Crippen LogP contribution is -2.01. The summed E-state index contributed by atoms with van der Waals surface area (Å²) < 4.78 is 5.99. The van der Waals surface area contributed by atoms with Gasteiger partial charge in [-0.2, -0.15) is 0 Å². The summed E-state index contributed by atoms with van der Waals surface area (Å²) in [5.74, 6) is 1.30. The summed E-state index contributed by atoms with van der Waals surface area (Å²) in [6.07, 6.45) is 1.73. The lowest BCUT2D eigenvalue weighted by atomic mass is 10.1. The van der Waals surface area contributed by atoms with Crippen LogP contribution in [0.2, 0.25) is 10.0 Å². The van der Waals surface area contributed by atoms with Crippen LogP contribution in [0, 0.1) is 0 Å². The number of ether oxygens (including phenoxy) is 1. The number of hydrogen-bond acceptors (Lipinski definition) is 3. The minimum atomic E-state index is 0.342. The molecule has 2 N–H and O–H groups in total. The van der Waals surface area contributed by atoms with Gasteiger partial charge in [0.15, 0.2) is 0 Å². The van der Waals surface area contributed by atoms with E-state index in [-0.39, 0.29) is 0 Å². The molecule has 5 heteroatoms. The Morgan fingerprint density at radius 1 is 1.05 bits per heavy atom. The van der Waals surface area contributed by atoms with E-state index in [0.29, 0.717) is 28.1 Å². The zero-order valence-electron chi connectivity index (χ0n) is 11.0. The Labute approximate surface area is 132 Å². The number of para-hydroxylation sites is 1. The number of halogens is 2. The second-order valence-electron chi connectivity index (χ2n) is 4.51. The molecule has 1 heterocycles. The van der Waals surface area contributed by atoms with E-state index in [1.54, 1.807) is 24.4 Å². The number of nitrogens with zero attached hydrogens (tertiary/aromatic N) is 1. The molecule has 2 aromatic carbocycles. The molecular weight excluding hydrogens is 307 g/mol. The van der Waals surface area contributed by atoms with E-state index < -0.39 is 0 Å². The summed E-state index contributed by atoms with van der Waals surface area (Å²) in [5.41, 5.74) is 7.47. The fourth-order valence-electron chi connectivity index (χ4n) is 2.08. The second kappa shape index (κ2) is 5.90. The van der Waals surface area contributed by atoms with Gasteiger partial charge < -0.3 is 10.5 Å². The van der Waals surface area contributed by atoms with Crippen molar-refractivity contribution < 1.29 is 4.74 Å². The molecule has 1 aromatic heterocycles. The average molecular weight is 319 g/mol. The van der Waals surface area contributed by atoms with Gasteiger partial charge in [-0.05, 0) is 24.3 Å². The van der Waals surface area contributed by atoms with Crippen molar-refractivity contribution in [3.63, 3.8) is 0 Å². The Hall–Kier alpha value is -1.81. The van der Waals surface area contributed by atoms with Gasteiger partial charge in [0.1, 0.15) is 11.5 Å². The average Bonchev–Trinajstić information content (AvgIpc) is 2.51. The maximum Gasteiger partial charge on any atom is 0.142 e. The number of benzene rings is 2. The highest BCUT2D eigenvalue weighted by atomic mass is 35.5. The van der Waals surface area contributed by atoms with Crippen molar-refractivity contribution in [3.8, 4) is 11.5 Å². The molecule has 0 amide bonds. The number of pyridine rings is 1. The minimum Gasteiger partial charge on any atom is -0.456 e. The summed E-state index contributed by atoms with van der Waals surface area (Å²) >= 11 is 11.9. The fraction of sp³-hybridized carbons (Fsp3) is 0.0625. The van der Waals surface area contributed by atoms with Gasteiger partial charge in [-0.25, -0.2) is 0 Å². The minimum absolute atomic E-state index is 0.342. The number of nitrogens with two attached hydrogens (primary N) is 1. The van der Waals surface area contributed by atoms with E-state index in [4.69, 9.17) is 33.7 Å². The first-order chi connectivity index (χ1) is 10.2. The molecule has 0 aliphatic heterocycles. The van der Waals surface area contributed by atoms with Crippen LogP contribution in [0.25, 0.3) is 10.9 Å². The molecule has 21 heavy (non-hydrogen) atoms. The van der Waals surface area contributed by atoms with Crippen molar-refractivity contribution in [1.82, 2.24) is 4.98 Å². The van der Waals surface area contributed by atoms with Crippen molar-refractivity contribution in [3.05, 3.63) is 64.3 Å². The van der Waals surface area contributed by atoms with Crippen LogP contribution >= 0.6 is 23.2 Å². The van der Waals surface area contributed by atoms with E-state index in [1.165, 1.54) is 0 Å². The smallest absolute Gasteiger partial charge is 0.142 e. The van der Waals surface area contributed by atoms with Crippen LogP contribution in [0.15, 0.2) is 48.7 Å². The molecule has 0 atom stereocenters. The summed E-state index contributed by atoms with van der Waals surface area (Å²) in [5, 5.41) is 1.84. The molecule has 106 valence electrons. The van der Waals surface area contributed by atoms with E-state index >= 15 is 0 Å². The molecule has 0 bridgehead atoms. The van der Waals surface area contributed by atoms with Gasteiger partial charge in [0.2, 0.25) is 0 Å². The van der Waals surface area contributed by atoms with Crippen molar-refractivity contribution in [2.75, 3.05) is 0 Å². The van der Waals surface area contributed by atoms with Crippen molar-refractivity contribution in [2.45, 2.75) is 6.54 Å². The first-order valence-electron chi connectivity index (χ1n) is 6.38. The maximum atomic E-state index is 6.02. The lowest BCUT2D eigenvalue weighted by Gasteiger charge is -2.13. The van der Waals surface area contributed by atoms with Gasteiger partial charge in [-0.3, -0.25) is 4.98 Å². The normalized spacial score (nSPS) is 10.8. The van der Waals surface area contributed by atoms with Gasteiger partial charge in [0, 0.05) is 29.8 Å². The highest BCUT2D eigenvalue weighted by Gasteiger charge is 2.11. The molecule has 0 spiro atoms. The molecule has 0 saturated heterocycles. The Kier molecular flexibility index (Phi) is 3.97. The molecule has 0 unspecified atom stereocenters. The molecule has 0 saturated carbocycles. The zero-order chi connectivity index (χ0) is 14.8. The molecule has 3 rings (SSSR count). The van der Waals surface area contributed by atoms with Crippen LogP contribution in [0.1, 0.15) is 5.56 Å². The summed E-state index contributed by atoms with van der Waals surface area (Å²) in [4.78, 5) is 4.38. The zero-order valence-corrected chi connectivity index (χ0v) is 12.5. The van der Waals surface area contributed by atoms with Gasteiger partial charge >= 0.3 is 0 Å². The van der Waals surface area contributed by atoms with E-state index in [2.05, 4.69) is 4.98 Å². The Bertz CT molecular complexity index is 805. The van der Waals surface area contributed by atoms with Crippen LogP contribution < -0.4 is 10.5 Å². The second-order valence-corrected chi connectivity index (χ2v) is 5.33. The van der Waals surface area contributed by atoms with Gasteiger partial charge in [0.25, 0.3) is 0 Å². The quantitative estimate of drug-likeness (QED) is 0.755. The number of fused-ring (bicyclic) bond motifs is 1. The highest BCUT2D eigenvalue weighted by molar-refractivity contribution is 6.42. The Balaban J connectivity index is 2.11. The number of rotatable bonds is 3. The SMILES string of the molecule is NCc1cnc2ccccc2c1Oc1ccc(Cl)c(Cl)c1. The topological polar surface area (TPSA) is 48.1 Å². The monoisotopic (exact) mass is 318 g/mol. The summed E-state index contributed by atoms with van der Waals surface area (Å²) in [7, 11) is 0. The molecule has 0 aliphatic rings. The van der Waals surface area contributed by atoms with Crippen LogP contribution in [-0.4, -0.2) is 4.98 Å². The predicted molar refractivity (Wildman–Crippen MR) is 86.2 cm³/mol. The van der Waals surface area contributed by atoms with E-state index in [1.807, 2.05) is 24.3 Å². The number of aromatic nitrogens is 1. The highest BCUT2D eigenvalue weighted by Crippen LogP contribution is 2.34. The first kappa shape index (κ1) is 14.1. The Morgan fingerprint density at radius 3 is 2.62 bits per heavy atom. The van der Waals surface area contributed by atoms with Crippen LogP contribution in [0.5, 0.6) is 11.5 Å². The summed E-state index contributed by atoms with van der Waals surface area (Å²) in [6.45, 7) is 0.342. The van der Waals surface area contributed by atoms with Gasteiger partial charge in [0.05, 0.1) is 15.6 Å². The molecule has 3 aromatic rings. The van der Waals surface area contributed by atoms with E-state index in [0.717, 1.165) is 16.5 Å². The lowest BCUT2D eigenvalue weighted by molar-refractivity contribution is 0.481. The van der Waals surface area contributed by atoms with Crippen molar-refractivity contribution in [1.29, 1.82) is 0 Å². The molecular formula is C16H12Cl2N2O. The number of hydrogen-bond donors (Lipinski definition) is 1. The third-order valence-corrected chi connectivity index (χ3v) is 3.87. The van der Waals surface area contributed by atoms with Crippen LogP contribution in [0.3, 0.4) is 0 Å². The van der Waals surface area contributed by atoms with Crippen molar-refractivity contribution >= 4 is 34.1 Å². The van der Waals surface area contributed by atoms with Gasteiger partial charge in [-0.15, -0.1) is 0 Å². The molecule has 0 radical (unpaired) electrons. The summed E-state index contributed by atoms with van der Waals surface area (Å²) in [6, 6.07) is 12.9. The van der Waals surface area contributed by atoms with Crippen LogP contribution in [-0.2, 0) is 6.54 Å². The Morgan fingerprint density at radius 2 is 1.86 bits per heavy atom. The van der Waals surface area contributed by atoms with Crippen molar-refractivity contribution in [2.24, 2.45) is 5.73 Å². The standard InChI is InChI=1S/C16H12Cl2N2O/c17-13-6-5-11(7-14(13)18)21-16-10(8-19)9-20-15-4-2-1-3-12(15)16/h1-7,9H,8,19H2. The maximum absolute atomic E-state index is 6.02. The van der Waals surface area contributed by atoms with Gasteiger partial charge in [-0.1, -0.05) is 35.3 Å². The molecule has 0 aliphatic carbocycles. The van der Waals surface area contributed by atoms with Crippen LogP contribution in [0.4, 0.5) is 0 Å². The van der Waals surface area contributed by atoms with E-state index in [9.17, 15) is 0 Å². The third-order valence-electron chi connectivity index (χ3n) is 3.13. The molecule has 0 fully saturated rings.